The fraction of sp³-hybridized carbons (Fsp3) is 0.333. The number of hydrogen-bond acceptors (Lipinski definition) is 4. The minimum absolute atomic E-state index is 0.0134. The summed E-state index contributed by atoms with van der Waals surface area (Å²) in [4.78, 5) is 0. The van der Waals surface area contributed by atoms with Gasteiger partial charge in [0.25, 0.3) is 0 Å². The maximum atomic E-state index is 6.09. The molecule has 2 aromatic carbocycles. The van der Waals surface area contributed by atoms with E-state index in [1.165, 1.54) is 0 Å². The van der Waals surface area contributed by atoms with Crippen LogP contribution in [0.5, 0.6) is 11.5 Å². The summed E-state index contributed by atoms with van der Waals surface area (Å²) in [5.41, 5.74) is 2.08. The summed E-state index contributed by atoms with van der Waals surface area (Å²) in [6.45, 7) is 2.03. The van der Waals surface area contributed by atoms with E-state index in [-0.39, 0.29) is 18.5 Å². The zero-order valence-corrected chi connectivity index (χ0v) is 13.0. The Labute approximate surface area is 130 Å². The molecule has 116 valence electrons. The molecule has 0 aromatic heterocycles. The van der Waals surface area contributed by atoms with Gasteiger partial charge in [-0.05, 0) is 36.8 Å². The third-order valence-electron chi connectivity index (χ3n) is 3.87. The van der Waals surface area contributed by atoms with Crippen LogP contribution in [-0.4, -0.2) is 20.3 Å². The molecule has 3 rings (SSSR count). The van der Waals surface area contributed by atoms with Crippen LogP contribution >= 0.6 is 0 Å². The van der Waals surface area contributed by atoms with Gasteiger partial charge in [-0.2, -0.15) is 0 Å². The molecule has 0 N–H and O–H groups in total. The van der Waals surface area contributed by atoms with E-state index in [0.717, 1.165) is 22.6 Å². The lowest BCUT2D eigenvalue weighted by Gasteiger charge is -2.14. The molecule has 3 atom stereocenters. The van der Waals surface area contributed by atoms with Gasteiger partial charge >= 0.3 is 0 Å². The van der Waals surface area contributed by atoms with Crippen molar-refractivity contribution in [2.45, 2.75) is 25.4 Å². The highest BCUT2D eigenvalue weighted by atomic mass is 16.7. The Balaban J connectivity index is 1.75. The number of methoxy groups -OCH3 is 2. The van der Waals surface area contributed by atoms with E-state index in [4.69, 9.17) is 18.9 Å². The maximum Gasteiger partial charge on any atom is 0.185 e. The number of benzene rings is 2. The topological polar surface area (TPSA) is 36.9 Å². The molecule has 1 aliphatic heterocycles. The first kappa shape index (κ1) is 14.9. The van der Waals surface area contributed by atoms with Gasteiger partial charge in [0.05, 0.1) is 20.3 Å². The Morgan fingerprint density at radius 2 is 1.23 bits per heavy atom. The van der Waals surface area contributed by atoms with Crippen LogP contribution in [0.3, 0.4) is 0 Å². The van der Waals surface area contributed by atoms with Crippen LogP contribution in [0.2, 0.25) is 0 Å². The molecular formula is C18H20O4. The average Bonchev–Trinajstić information content (AvgIpc) is 2.97. The van der Waals surface area contributed by atoms with Crippen molar-refractivity contribution in [3.05, 3.63) is 59.7 Å². The van der Waals surface area contributed by atoms with Gasteiger partial charge in [-0.15, -0.1) is 0 Å². The molecule has 0 bridgehead atoms. The summed E-state index contributed by atoms with van der Waals surface area (Å²) in [7, 11) is 3.31. The minimum atomic E-state index is -0.354. The smallest absolute Gasteiger partial charge is 0.185 e. The second kappa shape index (κ2) is 6.38. The van der Waals surface area contributed by atoms with Crippen molar-refractivity contribution in [3.63, 3.8) is 0 Å². The van der Waals surface area contributed by atoms with Crippen LogP contribution in [0.1, 0.15) is 30.4 Å². The van der Waals surface area contributed by atoms with Crippen molar-refractivity contribution in [1.82, 2.24) is 0 Å². The molecule has 0 saturated carbocycles. The number of hydrogen-bond donors (Lipinski definition) is 0. The van der Waals surface area contributed by atoms with Crippen molar-refractivity contribution >= 4 is 0 Å². The normalized spacial score (nSPS) is 24.2. The fourth-order valence-corrected chi connectivity index (χ4v) is 2.60. The Bertz CT molecular complexity index is 606. The summed E-state index contributed by atoms with van der Waals surface area (Å²) in [6, 6.07) is 15.7. The fourth-order valence-electron chi connectivity index (χ4n) is 2.60. The molecule has 0 unspecified atom stereocenters. The Morgan fingerprint density at radius 3 is 1.73 bits per heavy atom. The van der Waals surface area contributed by atoms with Crippen molar-refractivity contribution in [2.24, 2.45) is 0 Å². The van der Waals surface area contributed by atoms with E-state index >= 15 is 0 Å². The molecule has 22 heavy (non-hydrogen) atoms. The van der Waals surface area contributed by atoms with Crippen molar-refractivity contribution < 1.29 is 18.9 Å². The van der Waals surface area contributed by atoms with Crippen LogP contribution in [0.25, 0.3) is 0 Å². The van der Waals surface area contributed by atoms with Crippen molar-refractivity contribution in [2.75, 3.05) is 14.2 Å². The van der Waals surface area contributed by atoms with Crippen molar-refractivity contribution in [1.29, 1.82) is 0 Å². The van der Waals surface area contributed by atoms with Crippen LogP contribution in [0.4, 0.5) is 0 Å². The zero-order chi connectivity index (χ0) is 15.5. The third kappa shape index (κ3) is 2.93. The van der Waals surface area contributed by atoms with Crippen LogP contribution in [0.15, 0.2) is 48.5 Å². The molecule has 2 aromatic rings. The van der Waals surface area contributed by atoms with Crippen LogP contribution in [-0.2, 0) is 9.47 Å². The minimum Gasteiger partial charge on any atom is -0.497 e. The molecule has 1 aliphatic rings. The highest BCUT2D eigenvalue weighted by molar-refractivity contribution is 5.31. The highest BCUT2D eigenvalue weighted by Crippen LogP contribution is 2.40. The van der Waals surface area contributed by atoms with Gasteiger partial charge in [0, 0.05) is 5.56 Å². The quantitative estimate of drug-likeness (QED) is 0.858. The van der Waals surface area contributed by atoms with Gasteiger partial charge in [0.2, 0.25) is 0 Å². The monoisotopic (exact) mass is 300 g/mol. The van der Waals surface area contributed by atoms with E-state index in [2.05, 4.69) is 0 Å². The van der Waals surface area contributed by atoms with Gasteiger partial charge in [-0.1, -0.05) is 24.3 Å². The second-order valence-electron chi connectivity index (χ2n) is 5.28. The van der Waals surface area contributed by atoms with E-state index in [0.29, 0.717) is 0 Å². The third-order valence-corrected chi connectivity index (χ3v) is 3.87. The number of ether oxygens (including phenoxy) is 4. The summed E-state index contributed by atoms with van der Waals surface area (Å²) in [5.74, 6) is 1.66. The summed E-state index contributed by atoms with van der Waals surface area (Å²) < 4.78 is 22.4. The number of rotatable bonds is 4. The largest absolute Gasteiger partial charge is 0.497 e. The van der Waals surface area contributed by atoms with E-state index in [9.17, 15) is 0 Å². The van der Waals surface area contributed by atoms with Gasteiger partial charge in [0.15, 0.2) is 6.29 Å². The Morgan fingerprint density at radius 1 is 0.727 bits per heavy atom. The van der Waals surface area contributed by atoms with E-state index in [1.54, 1.807) is 14.2 Å². The zero-order valence-electron chi connectivity index (χ0n) is 13.0. The standard InChI is InChI=1S/C18H20O4/c1-12-17(13-4-8-15(19-2)9-5-13)22-18(21-12)14-6-10-16(20-3)11-7-14/h4-12,17-18H,1-3H3/t12-,17+,18-/m0/s1. The first-order chi connectivity index (χ1) is 10.7. The van der Waals surface area contributed by atoms with Crippen molar-refractivity contribution in [3.8, 4) is 11.5 Å². The highest BCUT2D eigenvalue weighted by Gasteiger charge is 2.34. The molecule has 1 saturated heterocycles. The molecule has 0 radical (unpaired) electrons. The summed E-state index contributed by atoms with van der Waals surface area (Å²) in [5, 5.41) is 0. The molecule has 0 amide bonds. The lowest BCUT2D eigenvalue weighted by Crippen LogP contribution is -2.09. The van der Waals surface area contributed by atoms with E-state index in [1.807, 2.05) is 55.5 Å². The van der Waals surface area contributed by atoms with Crippen LogP contribution in [0, 0.1) is 0 Å². The first-order valence-electron chi connectivity index (χ1n) is 7.30. The molecular weight excluding hydrogens is 280 g/mol. The predicted octanol–water partition coefficient (Wildman–Crippen LogP) is 3.88. The maximum absolute atomic E-state index is 6.09. The molecule has 0 spiro atoms. The molecule has 1 heterocycles. The lowest BCUT2D eigenvalue weighted by molar-refractivity contribution is -0.0677. The Hall–Kier alpha value is -2.04. The Kier molecular flexibility index (Phi) is 4.32. The summed E-state index contributed by atoms with van der Waals surface area (Å²) in [6.07, 6.45) is -0.452. The molecule has 1 fully saturated rings. The average molecular weight is 300 g/mol. The second-order valence-corrected chi connectivity index (χ2v) is 5.28. The predicted molar refractivity (Wildman–Crippen MR) is 83.1 cm³/mol. The SMILES string of the molecule is COc1ccc([C@H]2O[C@@H](C)[C@H](c3ccc(OC)cc3)O2)cc1. The van der Waals surface area contributed by atoms with Crippen LogP contribution < -0.4 is 9.47 Å². The van der Waals surface area contributed by atoms with Gasteiger partial charge in [-0.3, -0.25) is 0 Å². The summed E-state index contributed by atoms with van der Waals surface area (Å²) >= 11 is 0. The van der Waals surface area contributed by atoms with Gasteiger partial charge in [-0.25, -0.2) is 0 Å². The molecule has 4 nitrogen and oxygen atoms in total. The first-order valence-corrected chi connectivity index (χ1v) is 7.30. The van der Waals surface area contributed by atoms with E-state index < -0.39 is 0 Å². The lowest BCUT2D eigenvalue weighted by atomic mass is 10.1. The molecule has 4 heteroatoms. The molecule has 0 aliphatic carbocycles. The van der Waals surface area contributed by atoms with Gasteiger partial charge < -0.3 is 18.9 Å². The van der Waals surface area contributed by atoms with Gasteiger partial charge in [0.1, 0.15) is 17.6 Å².